The number of carbonyl (C=O) groups excluding carboxylic acids is 1. The molecule has 0 aliphatic carbocycles. The number of benzene rings is 2. The normalized spacial score (nSPS) is 10.6. The molecule has 1 N–H and O–H groups in total. The molecule has 1 amide bonds. The Morgan fingerprint density at radius 3 is 2.88 bits per heavy atom. The Hall–Kier alpha value is -2.31. The Labute approximate surface area is 155 Å². The number of hydrogen-bond acceptors (Lipinski definition) is 4. The third-order valence-electron chi connectivity index (χ3n) is 3.55. The van der Waals surface area contributed by atoms with Crippen LogP contribution >= 0.6 is 23.4 Å². The summed E-state index contributed by atoms with van der Waals surface area (Å²) in [7, 11) is 0. The van der Waals surface area contributed by atoms with E-state index in [2.05, 4.69) is 22.4 Å². The Bertz CT molecular complexity index is 881. The zero-order chi connectivity index (χ0) is 17.6. The number of nitrogens with zero attached hydrogens (tertiary/aromatic N) is 3. The minimum Gasteiger partial charge on any atom is -0.325 e. The molecule has 0 aliphatic heterocycles. The summed E-state index contributed by atoms with van der Waals surface area (Å²) < 4.78 is 1.81. The van der Waals surface area contributed by atoms with Crippen LogP contribution in [0.25, 0.3) is 5.69 Å². The van der Waals surface area contributed by atoms with Gasteiger partial charge in [-0.15, -0.1) is 10.2 Å². The van der Waals surface area contributed by atoms with Crippen molar-refractivity contribution in [2.24, 2.45) is 0 Å². The topological polar surface area (TPSA) is 59.8 Å². The van der Waals surface area contributed by atoms with E-state index >= 15 is 0 Å². The highest BCUT2D eigenvalue weighted by atomic mass is 35.5. The number of amides is 1. The minimum absolute atomic E-state index is 0.0844. The molecular weight excluding hydrogens is 356 g/mol. The van der Waals surface area contributed by atoms with E-state index in [4.69, 9.17) is 11.6 Å². The highest BCUT2D eigenvalue weighted by Gasteiger charge is 2.11. The number of halogens is 1. The van der Waals surface area contributed by atoms with Gasteiger partial charge in [0.05, 0.1) is 11.4 Å². The van der Waals surface area contributed by atoms with Gasteiger partial charge < -0.3 is 5.32 Å². The van der Waals surface area contributed by atoms with Crippen LogP contribution in [0.1, 0.15) is 12.5 Å². The van der Waals surface area contributed by atoms with Crippen LogP contribution in [0.15, 0.2) is 60.0 Å². The van der Waals surface area contributed by atoms with Crippen LogP contribution in [0.5, 0.6) is 0 Å². The van der Waals surface area contributed by atoms with E-state index in [9.17, 15) is 4.79 Å². The second-order valence-electron chi connectivity index (χ2n) is 5.35. The van der Waals surface area contributed by atoms with E-state index in [-0.39, 0.29) is 11.7 Å². The fraction of sp³-hybridized carbons (Fsp3) is 0.167. The van der Waals surface area contributed by atoms with E-state index < -0.39 is 0 Å². The molecule has 3 rings (SSSR count). The number of rotatable bonds is 6. The molecule has 1 heterocycles. The molecule has 3 aromatic rings. The van der Waals surface area contributed by atoms with Gasteiger partial charge in [0.25, 0.3) is 0 Å². The van der Waals surface area contributed by atoms with Crippen molar-refractivity contribution in [3.8, 4) is 5.69 Å². The van der Waals surface area contributed by atoms with E-state index in [1.807, 2.05) is 47.0 Å². The quantitative estimate of drug-likeness (QED) is 0.658. The first-order valence-electron chi connectivity index (χ1n) is 7.83. The summed E-state index contributed by atoms with van der Waals surface area (Å²) in [5.41, 5.74) is 2.85. The van der Waals surface area contributed by atoms with Gasteiger partial charge in [-0.1, -0.05) is 48.5 Å². The van der Waals surface area contributed by atoms with Crippen molar-refractivity contribution in [1.82, 2.24) is 14.8 Å². The fourth-order valence-electron chi connectivity index (χ4n) is 2.32. The molecule has 0 aliphatic rings. The second kappa shape index (κ2) is 8.18. The van der Waals surface area contributed by atoms with E-state index in [1.54, 1.807) is 12.4 Å². The van der Waals surface area contributed by atoms with Gasteiger partial charge in [-0.05, 0) is 42.3 Å². The highest BCUT2D eigenvalue weighted by Crippen LogP contribution is 2.22. The predicted octanol–water partition coefficient (Wildman–Crippen LogP) is 4.21. The summed E-state index contributed by atoms with van der Waals surface area (Å²) >= 11 is 7.36. The van der Waals surface area contributed by atoms with Crippen LogP contribution < -0.4 is 5.32 Å². The Kier molecular flexibility index (Phi) is 5.73. The zero-order valence-electron chi connectivity index (χ0n) is 13.6. The molecule has 25 heavy (non-hydrogen) atoms. The molecule has 0 saturated heterocycles. The molecule has 0 bridgehead atoms. The maximum absolute atomic E-state index is 12.2. The van der Waals surface area contributed by atoms with Crippen LogP contribution in [0.4, 0.5) is 5.69 Å². The number of nitrogens with one attached hydrogen (secondary N) is 1. The maximum atomic E-state index is 12.2. The average Bonchev–Trinajstić information content (AvgIpc) is 3.09. The van der Waals surface area contributed by atoms with Gasteiger partial charge in [0, 0.05) is 10.7 Å². The second-order valence-corrected chi connectivity index (χ2v) is 6.73. The molecule has 1 aromatic heterocycles. The SMILES string of the molecule is CCc1cccc(NC(=O)CSc2nncn2-c2cccc(Cl)c2)c1. The standard InChI is InChI=1S/C18H17ClN4OS/c1-2-13-5-3-7-15(9-13)21-17(24)11-25-18-22-20-12-23(18)16-8-4-6-14(19)10-16/h3-10,12H,2,11H2,1H3,(H,21,24). The summed E-state index contributed by atoms with van der Waals surface area (Å²) in [6, 6.07) is 15.3. The van der Waals surface area contributed by atoms with E-state index in [0.717, 1.165) is 17.8 Å². The monoisotopic (exact) mass is 372 g/mol. The number of hydrogen-bond donors (Lipinski definition) is 1. The van der Waals surface area contributed by atoms with Crippen molar-refractivity contribution >= 4 is 35.0 Å². The Morgan fingerprint density at radius 2 is 2.08 bits per heavy atom. The Balaban J connectivity index is 1.64. The van der Waals surface area contributed by atoms with E-state index in [0.29, 0.717) is 10.2 Å². The number of thioether (sulfide) groups is 1. The first kappa shape index (κ1) is 17.5. The van der Waals surface area contributed by atoms with Crippen molar-refractivity contribution in [3.05, 3.63) is 65.4 Å². The first-order valence-corrected chi connectivity index (χ1v) is 9.19. The molecule has 0 spiro atoms. The zero-order valence-corrected chi connectivity index (χ0v) is 15.2. The van der Waals surface area contributed by atoms with Crippen LogP contribution in [0, 0.1) is 0 Å². The number of anilines is 1. The maximum Gasteiger partial charge on any atom is 0.234 e. The summed E-state index contributed by atoms with van der Waals surface area (Å²) in [6.45, 7) is 2.08. The molecule has 0 fully saturated rings. The first-order chi connectivity index (χ1) is 12.2. The smallest absolute Gasteiger partial charge is 0.234 e. The van der Waals surface area contributed by atoms with Crippen LogP contribution in [0.2, 0.25) is 5.02 Å². The number of aromatic nitrogens is 3. The Morgan fingerprint density at radius 1 is 1.24 bits per heavy atom. The summed E-state index contributed by atoms with van der Waals surface area (Å²) in [5, 5.41) is 12.2. The van der Waals surface area contributed by atoms with Gasteiger partial charge in [0.1, 0.15) is 6.33 Å². The largest absolute Gasteiger partial charge is 0.325 e. The molecule has 7 heteroatoms. The minimum atomic E-state index is -0.0844. The molecule has 0 atom stereocenters. The summed E-state index contributed by atoms with van der Waals surface area (Å²) in [4.78, 5) is 12.2. The number of aryl methyl sites for hydroxylation is 1. The average molecular weight is 373 g/mol. The molecular formula is C18H17ClN4OS. The van der Waals surface area contributed by atoms with Crippen LogP contribution in [0.3, 0.4) is 0 Å². The van der Waals surface area contributed by atoms with Crippen molar-refractivity contribution in [3.63, 3.8) is 0 Å². The van der Waals surface area contributed by atoms with Gasteiger partial charge >= 0.3 is 0 Å². The molecule has 5 nitrogen and oxygen atoms in total. The molecule has 0 unspecified atom stereocenters. The lowest BCUT2D eigenvalue weighted by Gasteiger charge is -2.08. The third-order valence-corrected chi connectivity index (χ3v) is 4.73. The van der Waals surface area contributed by atoms with Gasteiger partial charge in [0.15, 0.2) is 5.16 Å². The molecule has 0 radical (unpaired) electrons. The number of carbonyl (C=O) groups is 1. The molecule has 0 saturated carbocycles. The molecule has 2 aromatic carbocycles. The lowest BCUT2D eigenvalue weighted by molar-refractivity contribution is -0.113. The van der Waals surface area contributed by atoms with Gasteiger partial charge in [-0.3, -0.25) is 9.36 Å². The summed E-state index contributed by atoms with van der Waals surface area (Å²) in [5.74, 6) is 0.161. The predicted molar refractivity (Wildman–Crippen MR) is 102 cm³/mol. The van der Waals surface area contributed by atoms with Gasteiger partial charge in [-0.25, -0.2) is 0 Å². The van der Waals surface area contributed by atoms with Crippen LogP contribution in [-0.2, 0) is 11.2 Å². The van der Waals surface area contributed by atoms with Crippen molar-refractivity contribution in [2.75, 3.05) is 11.1 Å². The van der Waals surface area contributed by atoms with Crippen molar-refractivity contribution in [1.29, 1.82) is 0 Å². The summed E-state index contributed by atoms with van der Waals surface area (Å²) in [6.07, 6.45) is 2.54. The van der Waals surface area contributed by atoms with Crippen molar-refractivity contribution in [2.45, 2.75) is 18.5 Å². The van der Waals surface area contributed by atoms with Gasteiger partial charge in [0.2, 0.25) is 5.91 Å². The third kappa shape index (κ3) is 4.61. The lowest BCUT2D eigenvalue weighted by atomic mass is 10.1. The fourth-order valence-corrected chi connectivity index (χ4v) is 3.24. The van der Waals surface area contributed by atoms with Gasteiger partial charge in [-0.2, -0.15) is 0 Å². The highest BCUT2D eigenvalue weighted by molar-refractivity contribution is 7.99. The molecule has 128 valence electrons. The van der Waals surface area contributed by atoms with E-state index in [1.165, 1.54) is 17.3 Å². The van der Waals surface area contributed by atoms with Crippen LogP contribution in [-0.4, -0.2) is 26.4 Å². The van der Waals surface area contributed by atoms with Crippen molar-refractivity contribution < 1.29 is 4.79 Å². The lowest BCUT2D eigenvalue weighted by Crippen LogP contribution is -2.14.